The number of aromatic nitrogens is 3. The maximum Gasteiger partial charge on any atom is 0.439 e. The Labute approximate surface area is 155 Å². The number of halogens is 2. The Kier molecular flexibility index (Phi) is 4.02. The van der Waals surface area contributed by atoms with Crippen LogP contribution in [0.2, 0.25) is 10.0 Å². The third kappa shape index (κ3) is 3.10. The Morgan fingerprint density at radius 1 is 1.04 bits per heavy atom. The molecule has 0 bridgehead atoms. The van der Waals surface area contributed by atoms with Crippen molar-refractivity contribution < 1.29 is 9.32 Å². The van der Waals surface area contributed by atoms with Crippen LogP contribution in [-0.2, 0) is 0 Å². The second-order valence-corrected chi connectivity index (χ2v) is 6.38. The van der Waals surface area contributed by atoms with Crippen LogP contribution in [0, 0.1) is 0 Å². The van der Waals surface area contributed by atoms with Gasteiger partial charge in [-0.05, 0) is 36.4 Å². The summed E-state index contributed by atoms with van der Waals surface area (Å²) in [6.45, 7) is 0. The van der Waals surface area contributed by atoms with Crippen molar-refractivity contribution in [3.8, 4) is 11.4 Å². The van der Waals surface area contributed by atoms with E-state index in [-0.39, 0.29) is 11.7 Å². The molecular formula is C17H10Cl2N4O3. The Hall–Kier alpha value is -3.03. The van der Waals surface area contributed by atoms with Crippen LogP contribution in [0.1, 0.15) is 10.5 Å². The monoisotopic (exact) mass is 388 g/mol. The SMILES string of the molecule is O=C(Nc1ccc(Cl)cc1-c1noc(=O)[nH]1)c1cc2ccc(Cl)cc2[nH]1. The van der Waals surface area contributed by atoms with E-state index < -0.39 is 5.76 Å². The summed E-state index contributed by atoms with van der Waals surface area (Å²) in [6.07, 6.45) is 0. The topological polar surface area (TPSA) is 104 Å². The van der Waals surface area contributed by atoms with Gasteiger partial charge in [0, 0.05) is 26.5 Å². The highest BCUT2D eigenvalue weighted by Gasteiger charge is 2.15. The van der Waals surface area contributed by atoms with E-state index in [4.69, 9.17) is 23.2 Å². The Morgan fingerprint density at radius 3 is 2.58 bits per heavy atom. The third-order valence-corrected chi connectivity index (χ3v) is 4.22. The number of benzene rings is 2. The molecule has 2 aromatic heterocycles. The molecule has 130 valence electrons. The smallest absolute Gasteiger partial charge is 0.350 e. The van der Waals surface area contributed by atoms with Gasteiger partial charge in [0.25, 0.3) is 5.91 Å². The maximum atomic E-state index is 12.6. The number of nitrogens with zero attached hydrogens (tertiary/aromatic N) is 1. The van der Waals surface area contributed by atoms with Crippen LogP contribution in [0.25, 0.3) is 22.3 Å². The summed E-state index contributed by atoms with van der Waals surface area (Å²) in [6, 6.07) is 11.8. The number of hydrogen-bond donors (Lipinski definition) is 3. The first-order chi connectivity index (χ1) is 12.5. The summed E-state index contributed by atoms with van der Waals surface area (Å²) >= 11 is 12.0. The van der Waals surface area contributed by atoms with E-state index in [1.807, 2.05) is 6.07 Å². The average Bonchev–Trinajstić information content (AvgIpc) is 3.22. The fraction of sp³-hybridized carbons (Fsp3) is 0. The molecule has 0 fully saturated rings. The highest BCUT2D eigenvalue weighted by atomic mass is 35.5. The Morgan fingerprint density at radius 2 is 1.81 bits per heavy atom. The van der Waals surface area contributed by atoms with Crippen molar-refractivity contribution in [2.75, 3.05) is 5.32 Å². The molecule has 0 unspecified atom stereocenters. The molecule has 7 nitrogen and oxygen atoms in total. The standard InChI is InChI=1S/C17H10Cl2N4O3/c18-9-3-4-12(11(6-9)15-22-17(25)26-23-15)21-16(24)14-5-8-1-2-10(19)7-13(8)20-14/h1-7,20H,(H,21,24)(H,22,23,25). The fourth-order valence-corrected chi connectivity index (χ4v) is 2.92. The summed E-state index contributed by atoms with van der Waals surface area (Å²) in [5.74, 6) is -0.910. The van der Waals surface area contributed by atoms with E-state index in [1.54, 1.807) is 36.4 Å². The van der Waals surface area contributed by atoms with Crippen LogP contribution < -0.4 is 11.1 Å². The zero-order chi connectivity index (χ0) is 18.3. The molecule has 1 amide bonds. The molecule has 0 radical (unpaired) electrons. The van der Waals surface area contributed by atoms with Gasteiger partial charge in [0.1, 0.15) is 5.69 Å². The Bertz CT molecular complexity index is 1190. The number of H-pyrrole nitrogens is 2. The van der Waals surface area contributed by atoms with Gasteiger partial charge in [-0.1, -0.05) is 34.4 Å². The van der Waals surface area contributed by atoms with E-state index >= 15 is 0 Å². The van der Waals surface area contributed by atoms with Crippen molar-refractivity contribution in [1.82, 2.24) is 15.1 Å². The minimum atomic E-state index is -0.704. The quantitative estimate of drug-likeness (QED) is 0.491. The number of aromatic amines is 2. The van der Waals surface area contributed by atoms with Crippen LogP contribution in [0.3, 0.4) is 0 Å². The molecule has 0 aliphatic heterocycles. The van der Waals surface area contributed by atoms with Crippen molar-refractivity contribution in [2.45, 2.75) is 0 Å². The molecular weight excluding hydrogens is 379 g/mol. The summed E-state index contributed by atoms with van der Waals surface area (Å²) in [5.41, 5.74) is 1.95. The zero-order valence-electron chi connectivity index (χ0n) is 13.0. The van der Waals surface area contributed by atoms with Crippen LogP contribution in [0.4, 0.5) is 5.69 Å². The van der Waals surface area contributed by atoms with Gasteiger partial charge < -0.3 is 10.3 Å². The van der Waals surface area contributed by atoms with Crippen molar-refractivity contribution in [2.24, 2.45) is 0 Å². The molecule has 4 aromatic rings. The highest BCUT2D eigenvalue weighted by Crippen LogP contribution is 2.29. The first kappa shape index (κ1) is 16.4. The lowest BCUT2D eigenvalue weighted by molar-refractivity contribution is 0.102. The van der Waals surface area contributed by atoms with Crippen molar-refractivity contribution in [3.05, 3.63) is 68.8 Å². The molecule has 0 saturated heterocycles. The molecule has 9 heteroatoms. The maximum absolute atomic E-state index is 12.6. The molecule has 0 saturated carbocycles. The second kappa shape index (κ2) is 6.36. The van der Waals surface area contributed by atoms with Gasteiger partial charge in [-0.2, -0.15) is 0 Å². The van der Waals surface area contributed by atoms with Gasteiger partial charge in [-0.15, -0.1) is 0 Å². The number of nitrogens with one attached hydrogen (secondary N) is 3. The molecule has 0 atom stereocenters. The van der Waals surface area contributed by atoms with Crippen LogP contribution in [0.5, 0.6) is 0 Å². The Balaban J connectivity index is 1.70. The predicted molar refractivity (Wildman–Crippen MR) is 98.8 cm³/mol. The van der Waals surface area contributed by atoms with Gasteiger partial charge in [-0.3, -0.25) is 14.3 Å². The lowest BCUT2D eigenvalue weighted by Crippen LogP contribution is -2.13. The summed E-state index contributed by atoms with van der Waals surface area (Å²) < 4.78 is 4.52. The lowest BCUT2D eigenvalue weighted by Gasteiger charge is -2.08. The summed E-state index contributed by atoms with van der Waals surface area (Å²) in [7, 11) is 0. The van der Waals surface area contributed by atoms with Crippen LogP contribution in [-0.4, -0.2) is 21.0 Å². The van der Waals surface area contributed by atoms with Gasteiger partial charge in [0.15, 0.2) is 5.82 Å². The number of carbonyl (C=O) groups is 1. The largest absolute Gasteiger partial charge is 0.439 e. The fourth-order valence-electron chi connectivity index (χ4n) is 2.58. The van der Waals surface area contributed by atoms with Gasteiger partial charge in [-0.25, -0.2) is 4.79 Å². The average molecular weight is 389 g/mol. The minimum Gasteiger partial charge on any atom is -0.350 e. The van der Waals surface area contributed by atoms with Crippen LogP contribution >= 0.6 is 23.2 Å². The van der Waals surface area contributed by atoms with E-state index in [2.05, 4.69) is 25.0 Å². The van der Waals surface area contributed by atoms with E-state index in [1.165, 1.54) is 0 Å². The minimum absolute atomic E-state index is 0.163. The van der Waals surface area contributed by atoms with Gasteiger partial charge in [0.2, 0.25) is 0 Å². The molecule has 4 rings (SSSR count). The van der Waals surface area contributed by atoms with E-state index in [0.29, 0.717) is 27.0 Å². The molecule has 2 aromatic carbocycles. The number of fused-ring (bicyclic) bond motifs is 1. The van der Waals surface area contributed by atoms with Crippen molar-refractivity contribution in [1.29, 1.82) is 0 Å². The molecule has 2 heterocycles. The predicted octanol–water partition coefficient (Wildman–Crippen LogP) is 4.07. The molecule has 0 aliphatic carbocycles. The van der Waals surface area contributed by atoms with Crippen molar-refractivity contribution >= 4 is 45.7 Å². The van der Waals surface area contributed by atoms with Crippen molar-refractivity contribution in [3.63, 3.8) is 0 Å². The summed E-state index contributed by atoms with van der Waals surface area (Å²) in [4.78, 5) is 29.3. The number of rotatable bonds is 3. The number of anilines is 1. The first-order valence-electron chi connectivity index (χ1n) is 7.45. The first-order valence-corrected chi connectivity index (χ1v) is 8.21. The lowest BCUT2D eigenvalue weighted by atomic mass is 10.1. The number of hydrogen-bond acceptors (Lipinski definition) is 4. The molecule has 0 spiro atoms. The van der Waals surface area contributed by atoms with Crippen LogP contribution in [0.15, 0.2) is 51.8 Å². The molecule has 0 aliphatic rings. The van der Waals surface area contributed by atoms with Gasteiger partial charge in [0.05, 0.1) is 5.69 Å². The third-order valence-electron chi connectivity index (χ3n) is 3.75. The van der Waals surface area contributed by atoms with E-state index in [0.717, 1.165) is 10.9 Å². The second-order valence-electron chi connectivity index (χ2n) is 5.50. The molecule has 26 heavy (non-hydrogen) atoms. The van der Waals surface area contributed by atoms with E-state index in [9.17, 15) is 9.59 Å². The normalized spacial score (nSPS) is 11.0. The molecule has 3 N–H and O–H groups in total. The van der Waals surface area contributed by atoms with Gasteiger partial charge >= 0.3 is 5.76 Å². The number of carbonyl (C=O) groups excluding carboxylic acids is 1. The highest BCUT2D eigenvalue weighted by molar-refractivity contribution is 6.31. The zero-order valence-corrected chi connectivity index (χ0v) is 14.5. The number of amides is 1. The summed E-state index contributed by atoms with van der Waals surface area (Å²) in [5, 5.41) is 8.26.